The lowest BCUT2D eigenvalue weighted by Gasteiger charge is -1.98. The molecule has 0 unspecified atom stereocenters. The average Bonchev–Trinajstić information content (AvgIpc) is 2.25. The number of thioether (sulfide) groups is 1. The lowest BCUT2D eigenvalue weighted by atomic mass is 10.4. The largest absolute Gasteiger partial charge is 0.502 e. The van der Waals surface area contributed by atoms with Crippen LogP contribution in [0.1, 0.15) is 13.3 Å². The topological polar surface area (TPSA) is 9.23 Å². The molecule has 0 aromatic heterocycles. The number of ether oxygens (including phenoxy) is 1. The molecule has 1 aromatic carbocycles. The van der Waals surface area contributed by atoms with Gasteiger partial charge in [-0.05, 0) is 31.6 Å². The zero-order chi connectivity index (χ0) is 10.1. The van der Waals surface area contributed by atoms with Gasteiger partial charge < -0.3 is 4.74 Å². The molecule has 0 amide bonds. The molecule has 0 heterocycles. The van der Waals surface area contributed by atoms with Gasteiger partial charge >= 0.3 is 0 Å². The zero-order valence-corrected chi connectivity index (χ0v) is 9.30. The Morgan fingerprint density at radius 2 is 2.07 bits per heavy atom. The van der Waals surface area contributed by atoms with Gasteiger partial charge in [0, 0.05) is 10.6 Å². The second kappa shape index (κ2) is 7.51. The van der Waals surface area contributed by atoms with Crippen LogP contribution in [0.15, 0.2) is 47.6 Å². The Kier molecular flexibility index (Phi) is 6.00. The fourth-order valence-electron chi connectivity index (χ4n) is 0.994. The number of hydrogen-bond acceptors (Lipinski definition) is 2. The minimum atomic E-state index is 0.752. The quantitative estimate of drug-likeness (QED) is 0.400. The van der Waals surface area contributed by atoms with E-state index in [0.29, 0.717) is 0 Å². The SMILES string of the molecule is CCO/C=C\CCSc1ccccc1. The van der Waals surface area contributed by atoms with Gasteiger partial charge in [0.05, 0.1) is 12.9 Å². The van der Waals surface area contributed by atoms with Crippen LogP contribution >= 0.6 is 11.8 Å². The van der Waals surface area contributed by atoms with E-state index in [0.717, 1.165) is 18.8 Å². The molecular formula is C12H16OS. The van der Waals surface area contributed by atoms with Crippen molar-refractivity contribution in [3.8, 4) is 0 Å². The number of rotatable bonds is 6. The standard InChI is InChI=1S/C12H16OS/c1-2-13-10-6-7-11-14-12-8-4-3-5-9-12/h3-6,8-10H,2,7,11H2,1H3/b10-6-. The molecule has 1 nitrogen and oxygen atoms in total. The van der Waals surface area contributed by atoms with Crippen LogP contribution in [0, 0.1) is 0 Å². The third-order valence-corrected chi connectivity index (χ3v) is 2.70. The third-order valence-electron chi connectivity index (χ3n) is 1.66. The average molecular weight is 208 g/mol. The molecule has 1 rings (SSSR count). The Morgan fingerprint density at radius 3 is 2.79 bits per heavy atom. The molecule has 0 aliphatic heterocycles. The first-order chi connectivity index (χ1) is 6.93. The molecule has 2 heteroatoms. The molecule has 0 atom stereocenters. The van der Waals surface area contributed by atoms with Gasteiger partial charge in [-0.1, -0.05) is 18.2 Å². The van der Waals surface area contributed by atoms with E-state index in [1.165, 1.54) is 4.90 Å². The Morgan fingerprint density at radius 1 is 1.29 bits per heavy atom. The molecule has 0 saturated carbocycles. The first-order valence-corrected chi connectivity index (χ1v) is 5.86. The first kappa shape index (κ1) is 11.2. The van der Waals surface area contributed by atoms with Gasteiger partial charge in [-0.3, -0.25) is 0 Å². The molecular weight excluding hydrogens is 192 g/mol. The summed E-state index contributed by atoms with van der Waals surface area (Å²) in [6.45, 7) is 2.74. The minimum Gasteiger partial charge on any atom is -0.502 e. The fraction of sp³-hybridized carbons (Fsp3) is 0.333. The molecule has 0 bridgehead atoms. The monoisotopic (exact) mass is 208 g/mol. The summed E-state index contributed by atoms with van der Waals surface area (Å²) in [5.41, 5.74) is 0. The van der Waals surface area contributed by atoms with E-state index in [2.05, 4.69) is 30.3 Å². The van der Waals surface area contributed by atoms with Gasteiger partial charge in [0.1, 0.15) is 0 Å². The van der Waals surface area contributed by atoms with Crippen LogP contribution in [0.3, 0.4) is 0 Å². The Hall–Kier alpha value is -0.890. The summed E-state index contributed by atoms with van der Waals surface area (Å²) < 4.78 is 5.10. The molecule has 0 aliphatic rings. The van der Waals surface area contributed by atoms with E-state index in [-0.39, 0.29) is 0 Å². The fourth-order valence-corrected chi connectivity index (χ4v) is 1.83. The van der Waals surface area contributed by atoms with Crippen LogP contribution in [-0.2, 0) is 4.74 Å². The second-order valence-electron chi connectivity index (χ2n) is 2.78. The highest BCUT2D eigenvalue weighted by Gasteiger charge is 1.89. The predicted molar refractivity (Wildman–Crippen MR) is 62.5 cm³/mol. The summed E-state index contributed by atoms with van der Waals surface area (Å²) >= 11 is 1.87. The van der Waals surface area contributed by atoms with Gasteiger partial charge in [-0.2, -0.15) is 0 Å². The van der Waals surface area contributed by atoms with Gasteiger partial charge in [-0.15, -0.1) is 11.8 Å². The minimum absolute atomic E-state index is 0.752. The maximum absolute atomic E-state index is 5.10. The highest BCUT2D eigenvalue weighted by Crippen LogP contribution is 2.17. The Labute approximate surface area is 90.2 Å². The van der Waals surface area contributed by atoms with Crippen molar-refractivity contribution in [1.82, 2.24) is 0 Å². The van der Waals surface area contributed by atoms with Crippen molar-refractivity contribution < 1.29 is 4.74 Å². The molecule has 0 fully saturated rings. The summed E-state index contributed by atoms with van der Waals surface area (Å²) in [5, 5.41) is 0. The van der Waals surface area contributed by atoms with Crippen LogP contribution in [0.25, 0.3) is 0 Å². The number of benzene rings is 1. The van der Waals surface area contributed by atoms with Crippen LogP contribution in [-0.4, -0.2) is 12.4 Å². The van der Waals surface area contributed by atoms with Gasteiger partial charge in [0.25, 0.3) is 0 Å². The van der Waals surface area contributed by atoms with E-state index < -0.39 is 0 Å². The highest BCUT2D eigenvalue weighted by molar-refractivity contribution is 7.99. The van der Waals surface area contributed by atoms with Crippen LogP contribution < -0.4 is 0 Å². The van der Waals surface area contributed by atoms with Crippen LogP contribution in [0.2, 0.25) is 0 Å². The van der Waals surface area contributed by atoms with Gasteiger partial charge in [-0.25, -0.2) is 0 Å². The van der Waals surface area contributed by atoms with Crippen LogP contribution in [0.4, 0.5) is 0 Å². The van der Waals surface area contributed by atoms with Crippen molar-refractivity contribution in [2.45, 2.75) is 18.2 Å². The normalized spacial score (nSPS) is 10.6. The van der Waals surface area contributed by atoms with E-state index in [9.17, 15) is 0 Å². The van der Waals surface area contributed by atoms with Gasteiger partial charge in [0.2, 0.25) is 0 Å². The summed E-state index contributed by atoms with van der Waals surface area (Å²) in [6, 6.07) is 10.4. The van der Waals surface area contributed by atoms with Crippen molar-refractivity contribution in [1.29, 1.82) is 0 Å². The molecule has 0 saturated heterocycles. The lowest BCUT2D eigenvalue weighted by molar-refractivity contribution is 0.268. The van der Waals surface area contributed by atoms with E-state index in [4.69, 9.17) is 4.74 Å². The van der Waals surface area contributed by atoms with Crippen molar-refractivity contribution in [2.24, 2.45) is 0 Å². The van der Waals surface area contributed by atoms with Gasteiger partial charge in [0.15, 0.2) is 0 Å². The number of allylic oxidation sites excluding steroid dienone is 1. The van der Waals surface area contributed by atoms with Crippen molar-refractivity contribution in [3.63, 3.8) is 0 Å². The summed E-state index contributed by atoms with van der Waals surface area (Å²) in [5.74, 6) is 1.10. The Balaban J connectivity index is 2.10. The summed E-state index contributed by atoms with van der Waals surface area (Å²) in [4.78, 5) is 1.33. The number of hydrogen-bond donors (Lipinski definition) is 0. The summed E-state index contributed by atoms with van der Waals surface area (Å²) in [7, 11) is 0. The molecule has 0 radical (unpaired) electrons. The van der Waals surface area contributed by atoms with E-state index in [1.807, 2.05) is 24.8 Å². The smallest absolute Gasteiger partial charge is 0.0845 e. The Bertz CT molecular complexity index is 256. The second-order valence-corrected chi connectivity index (χ2v) is 3.95. The molecule has 76 valence electrons. The van der Waals surface area contributed by atoms with Crippen LogP contribution in [0.5, 0.6) is 0 Å². The van der Waals surface area contributed by atoms with Crippen molar-refractivity contribution in [2.75, 3.05) is 12.4 Å². The molecule has 0 spiro atoms. The van der Waals surface area contributed by atoms with Crippen molar-refractivity contribution in [3.05, 3.63) is 42.7 Å². The molecule has 0 aliphatic carbocycles. The maximum atomic E-state index is 5.10. The lowest BCUT2D eigenvalue weighted by Crippen LogP contribution is -1.79. The van der Waals surface area contributed by atoms with E-state index >= 15 is 0 Å². The molecule has 1 aromatic rings. The van der Waals surface area contributed by atoms with E-state index in [1.54, 1.807) is 6.26 Å². The molecule has 0 N–H and O–H groups in total. The third kappa shape index (κ3) is 4.97. The predicted octanol–water partition coefficient (Wildman–Crippen LogP) is 3.72. The van der Waals surface area contributed by atoms with Crippen molar-refractivity contribution >= 4 is 11.8 Å². The zero-order valence-electron chi connectivity index (χ0n) is 8.48. The first-order valence-electron chi connectivity index (χ1n) is 4.88. The summed E-state index contributed by atoms with van der Waals surface area (Å²) in [6.07, 6.45) is 4.91. The highest BCUT2D eigenvalue weighted by atomic mass is 32.2. The molecule has 14 heavy (non-hydrogen) atoms. The maximum Gasteiger partial charge on any atom is 0.0845 e.